The maximum atomic E-state index is 11.7. The number of nitrogens with one attached hydrogen (secondary N) is 2. The van der Waals surface area contributed by atoms with Gasteiger partial charge < -0.3 is 15.1 Å². The summed E-state index contributed by atoms with van der Waals surface area (Å²) in [6.07, 6.45) is 6.51. The quantitative estimate of drug-likeness (QED) is 0.533. The van der Waals surface area contributed by atoms with Crippen molar-refractivity contribution in [1.29, 1.82) is 0 Å². The van der Waals surface area contributed by atoms with E-state index in [1.54, 1.807) is 18.4 Å². The van der Waals surface area contributed by atoms with E-state index in [1.807, 2.05) is 21.6 Å². The van der Waals surface area contributed by atoms with Gasteiger partial charge in [0.2, 0.25) is 11.8 Å². The summed E-state index contributed by atoms with van der Waals surface area (Å²) in [5, 5.41) is 6.11. The van der Waals surface area contributed by atoms with Crippen molar-refractivity contribution in [2.45, 2.75) is 43.9 Å². The molecule has 0 bridgehead atoms. The van der Waals surface area contributed by atoms with Crippen LogP contribution >= 0.6 is 21.6 Å². The molecule has 1 atom stereocenters. The first-order valence-electron chi connectivity index (χ1n) is 7.58. The van der Waals surface area contributed by atoms with Crippen LogP contribution in [0.25, 0.3) is 0 Å². The van der Waals surface area contributed by atoms with E-state index in [0.29, 0.717) is 18.7 Å². The van der Waals surface area contributed by atoms with Crippen LogP contribution in [0.15, 0.2) is 22.8 Å². The van der Waals surface area contributed by atoms with E-state index in [1.165, 1.54) is 18.6 Å². The number of unbranched alkanes of at least 4 members (excludes halogenated alkanes) is 1. The minimum absolute atomic E-state index is 0.0225. The van der Waals surface area contributed by atoms with Crippen molar-refractivity contribution in [3.63, 3.8) is 0 Å². The fourth-order valence-corrected chi connectivity index (χ4v) is 5.18. The van der Waals surface area contributed by atoms with Gasteiger partial charge in [0.15, 0.2) is 0 Å². The van der Waals surface area contributed by atoms with Crippen molar-refractivity contribution in [3.8, 4) is 0 Å². The monoisotopic (exact) mass is 342 g/mol. The summed E-state index contributed by atoms with van der Waals surface area (Å²) in [5.74, 6) is 1.69. The van der Waals surface area contributed by atoms with E-state index in [2.05, 4.69) is 10.6 Å². The van der Waals surface area contributed by atoms with Crippen LogP contribution in [-0.2, 0) is 16.1 Å². The van der Waals surface area contributed by atoms with E-state index in [-0.39, 0.29) is 18.4 Å². The first-order chi connectivity index (χ1) is 10.7. The van der Waals surface area contributed by atoms with Gasteiger partial charge in [-0.1, -0.05) is 28.0 Å². The first-order valence-corrected chi connectivity index (χ1v) is 9.96. The molecule has 0 spiro atoms. The summed E-state index contributed by atoms with van der Waals surface area (Å²) < 4.78 is 5.11. The molecule has 1 unspecified atom stereocenters. The van der Waals surface area contributed by atoms with Gasteiger partial charge in [0.05, 0.1) is 19.4 Å². The van der Waals surface area contributed by atoms with E-state index in [4.69, 9.17) is 4.42 Å². The van der Waals surface area contributed by atoms with Crippen LogP contribution < -0.4 is 10.6 Å². The van der Waals surface area contributed by atoms with E-state index in [9.17, 15) is 9.59 Å². The fraction of sp³-hybridized carbons (Fsp3) is 0.600. The molecule has 2 rings (SSSR count). The molecule has 1 aliphatic heterocycles. The third kappa shape index (κ3) is 6.79. The van der Waals surface area contributed by atoms with Gasteiger partial charge in [0.1, 0.15) is 5.76 Å². The van der Waals surface area contributed by atoms with Crippen LogP contribution in [0.4, 0.5) is 0 Å². The summed E-state index contributed by atoms with van der Waals surface area (Å²) >= 11 is 0. The molecule has 2 heterocycles. The summed E-state index contributed by atoms with van der Waals surface area (Å²) in [6, 6.07) is 3.56. The highest BCUT2D eigenvalue weighted by molar-refractivity contribution is 8.77. The van der Waals surface area contributed by atoms with Crippen molar-refractivity contribution in [1.82, 2.24) is 10.6 Å². The molecule has 7 heteroatoms. The molecule has 0 aromatic carbocycles. The van der Waals surface area contributed by atoms with Gasteiger partial charge >= 0.3 is 0 Å². The molecule has 0 radical (unpaired) electrons. The number of hydrogen-bond donors (Lipinski definition) is 2. The third-order valence-corrected chi connectivity index (χ3v) is 6.40. The maximum absolute atomic E-state index is 11.7. The van der Waals surface area contributed by atoms with Crippen molar-refractivity contribution in [2.24, 2.45) is 0 Å². The Balaban J connectivity index is 1.46. The van der Waals surface area contributed by atoms with Crippen LogP contribution in [-0.4, -0.2) is 29.4 Å². The van der Waals surface area contributed by atoms with E-state index >= 15 is 0 Å². The normalized spacial score (nSPS) is 17.4. The summed E-state index contributed by atoms with van der Waals surface area (Å²) in [4.78, 5) is 23.2. The number of furan rings is 1. The molecular formula is C15H22N2O3S2. The highest BCUT2D eigenvalue weighted by Gasteiger charge is 2.15. The molecule has 1 aliphatic rings. The number of carbonyl (C=O) groups is 2. The van der Waals surface area contributed by atoms with Crippen molar-refractivity contribution in [2.75, 3.05) is 12.3 Å². The van der Waals surface area contributed by atoms with Gasteiger partial charge in [-0.15, -0.1) is 0 Å². The number of amides is 2. The second-order valence-corrected chi connectivity index (χ2v) is 8.00. The van der Waals surface area contributed by atoms with Gasteiger partial charge in [-0.2, -0.15) is 0 Å². The molecule has 2 amide bonds. The second kappa shape index (κ2) is 9.84. The van der Waals surface area contributed by atoms with Crippen LogP contribution in [0.3, 0.4) is 0 Å². The molecular weight excluding hydrogens is 320 g/mol. The largest absolute Gasteiger partial charge is 0.467 e. The Kier molecular flexibility index (Phi) is 7.73. The van der Waals surface area contributed by atoms with E-state index in [0.717, 1.165) is 18.1 Å². The standard InChI is InChI=1S/C15H22N2O3S2/c18-14(6-2-1-5-13-7-9-21-22-13)17-11-15(19)16-10-12-4-3-8-20-12/h3-4,8,13H,1-2,5-7,9-11H2,(H,16,19)(H,17,18). The number of carbonyl (C=O) groups excluding carboxylic acids is 2. The predicted molar refractivity (Wildman–Crippen MR) is 90.5 cm³/mol. The second-order valence-electron chi connectivity index (χ2n) is 5.21. The molecule has 1 saturated heterocycles. The van der Waals surface area contributed by atoms with Crippen molar-refractivity contribution < 1.29 is 14.0 Å². The van der Waals surface area contributed by atoms with E-state index < -0.39 is 0 Å². The minimum atomic E-state index is -0.205. The molecule has 1 fully saturated rings. The zero-order valence-corrected chi connectivity index (χ0v) is 14.1. The zero-order valence-electron chi connectivity index (χ0n) is 12.5. The number of rotatable bonds is 9. The summed E-state index contributed by atoms with van der Waals surface area (Å²) in [6.45, 7) is 0.368. The summed E-state index contributed by atoms with van der Waals surface area (Å²) in [7, 11) is 3.92. The average molecular weight is 342 g/mol. The lowest BCUT2D eigenvalue weighted by molar-refractivity contribution is -0.126. The summed E-state index contributed by atoms with van der Waals surface area (Å²) in [5.41, 5.74) is 0. The highest BCUT2D eigenvalue weighted by Crippen LogP contribution is 2.39. The smallest absolute Gasteiger partial charge is 0.239 e. The van der Waals surface area contributed by atoms with Gasteiger partial charge in [-0.25, -0.2) is 0 Å². The maximum Gasteiger partial charge on any atom is 0.239 e. The topological polar surface area (TPSA) is 71.3 Å². The van der Waals surface area contributed by atoms with Crippen LogP contribution in [0.1, 0.15) is 37.9 Å². The molecule has 0 aliphatic carbocycles. The molecule has 5 nitrogen and oxygen atoms in total. The third-order valence-electron chi connectivity index (χ3n) is 3.39. The van der Waals surface area contributed by atoms with Crippen molar-refractivity contribution in [3.05, 3.63) is 24.2 Å². The predicted octanol–water partition coefficient (Wildman–Crippen LogP) is 2.73. The van der Waals surface area contributed by atoms with Gasteiger partial charge in [0.25, 0.3) is 0 Å². The molecule has 22 heavy (non-hydrogen) atoms. The Labute approximate surface area is 138 Å². The van der Waals surface area contributed by atoms with Crippen molar-refractivity contribution >= 4 is 33.4 Å². The minimum Gasteiger partial charge on any atom is -0.467 e. The molecule has 2 N–H and O–H groups in total. The molecule has 0 saturated carbocycles. The Morgan fingerprint density at radius 3 is 2.91 bits per heavy atom. The van der Waals surface area contributed by atoms with Crippen LogP contribution in [0.2, 0.25) is 0 Å². The Morgan fingerprint density at radius 1 is 1.27 bits per heavy atom. The number of hydrogen-bond acceptors (Lipinski definition) is 5. The zero-order chi connectivity index (χ0) is 15.6. The SMILES string of the molecule is O=C(CCCCC1CCSS1)NCC(=O)NCc1ccco1. The van der Waals surface area contributed by atoms with Crippen LogP contribution in [0.5, 0.6) is 0 Å². The average Bonchev–Trinajstić information content (AvgIpc) is 3.20. The lowest BCUT2D eigenvalue weighted by Gasteiger charge is -2.08. The lowest BCUT2D eigenvalue weighted by atomic mass is 10.1. The Morgan fingerprint density at radius 2 is 2.18 bits per heavy atom. The van der Waals surface area contributed by atoms with Gasteiger partial charge in [-0.3, -0.25) is 9.59 Å². The Hall–Kier alpha value is -1.08. The fourth-order valence-electron chi connectivity index (χ4n) is 2.15. The lowest BCUT2D eigenvalue weighted by Crippen LogP contribution is -2.36. The van der Waals surface area contributed by atoms with Crippen LogP contribution in [0, 0.1) is 0 Å². The Bertz CT molecular complexity index is 459. The first kappa shape index (κ1) is 17.3. The molecule has 1 aromatic heterocycles. The molecule has 122 valence electrons. The van der Waals surface area contributed by atoms with Gasteiger partial charge in [0, 0.05) is 17.4 Å². The molecule has 1 aromatic rings. The van der Waals surface area contributed by atoms with Gasteiger partial charge in [-0.05, 0) is 31.4 Å². The highest BCUT2D eigenvalue weighted by atomic mass is 33.1.